The first-order valence-corrected chi connectivity index (χ1v) is 5.18. The molecule has 2 rings (SSSR count). The second kappa shape index (κ2) is 3.65. The van der Waals surface area contributed by atoms with Crippen LogP contribution in [0.1, 0.15) is 12.8 Å². The first-order valence-electron chi connectivity index (χ1n) is 5.18. The second-order valence-electron chi connectivity index (χ2n) is 4.15. The molecule has 0 aromatic carbocycles. The lowest BCUT2D eigenvalue weighted by Crippen LogP contribution is -2.40. The Kier molecular flexibility index (Phi) is 2.64. The second-order valence-corrected chi connectivity index (χ2v) is 4.15. The highest BCUT2D eigenvalue weighted by Crippen LogP contribution is 2.54. The van der Waals surface area contributed by atoms with Crippen LogP contribution in [-0.4, -0.2) is 31.7 Å². The Morgan fingerprint density at radius 2 is 2.07 bits per heavy atom. The van der Waals surface area contributed by atoms with Crippen LogP contribution in [0.25, 0.3) is 0 Å². The van der Waals surface area contributed by atoms with E-state index in [1.54, 1.807) is 14.2 Å². The van der Waals surface area contributed by atoms with Gasteiger partial charge >= 0.3 is 0 Å². The van der Waals surface area contributed by atoms with Gasteiger partial charge in [0.25, 0.3) is 0 Å². The van der Waals surface area contributed by atoms with E-state index in [0.717, 1.165) is 12.8 Å². The highest BCUT2D eigenvalue weighted by Gasteiger charge is 2.57. The molecule has 0 unspecified atom stereocenters. The van der Waals surface area contributed by atoms with Crippen LogP contribution in [0.5, 0.6) is 0 Å². The molecule has 0 aliphatic heterocycles. The Morgan fingerprint density at radius 1 is 1.36 bits per heavy atom. The zero-order valence-corrected chi connectivity index (χ0v) is 8.77. The third kappa shape index (κ3) is 1.16. The summed E-state index contributed by atoms with van der Waals surface area (Å²) in [6.07, 6.45) is 6.29. The molecule has 1 N–H and O–H groups in total. The summed E-state index contributed by atoms with van der Waals surface area (Å²) in [5, 5.41) is 8.96. The van der Waals surface area contributed by atoms with Crippen molar-refractivity contribution in [3.63, 3.8) is 0 Å². The summed E-state index contributed by atoms with van der Waals surface area (Å²) in [7, 11) is 3.41. The number of aliphatic hydroxyl groups is 1. The summed E-state index contributed by atoms with van der Waals surface area (Å²) in [4.78, 5) is 0. The largest absolute Gasteiger partial charge is 0.396 e. The van der Waals surface area contributed by atoms with Crippen LogP contribution in [0.2, 0.25) is 0 Å². The van der Waals surface area contributed by atoms with Crippen molar-refractivity contribution in [3.05, 3.63) is 12.2 Å². The molecule has 3 atom stereocenters. The SMILES string of the molecule is COC1(OC)[C@@H]2C=C[C@H]1[C@@H](CCO)C2. The molecule has 0 aromatic heterocycles. The molecule has 2 bridgehead atoms. The molecule has 0 heterocycles. The molecular weight excluding hydrogens is 180 g/mol. The summed E-state index contributed by atoms with van der Waals surface area (Å²) >= 11 is 0. The molecule has 0 spiro atoms. The van der Waals surface area contributed by atoms with Gasteiger partial charge in [0.1, 0.15) is 0 Å². The fourth-order valence-electron chi connectivity index (χ4n) is 3.09. The molecule has 1 fully saturated rings. The van der Waals surface area contributed by atoms with E-state index in [0.29, 0.717) is 17.8 Å². The molecule has 0 saturated heterocycles. The van der Waals surface area contributed by atoms with Gasteiger partial charge in [-0.1, -0.05) is 12.2 Å². The van der Waals surface area contributed by atoms with E-state index in [4.69, 9.17) is 14.6 Å². The van der Waals surface area contributed by atoms with Gasteiger partial charge in [0.2, 0.25) is 0 Å². The highest BCUT2D eigenvalue weighted by atomic mass is 16.7. The number of rotatable bonds is 4. The minimum absolute atomic E-state index is 0.255. The van der Waals surface area contributed by atoms with E-state index >= 15 is 0 Å². The summed E-state index contributed by atoms with van der Waals surface area (Å²) in [5.41, 5.74) is 0. The fourth-order valence-corrected chi connectivity index (χ4v) is 3.09. The molecule has 3 nitrogen and oxygen atoms in total. The predicted molar refractivity (Wildman–Crippen MR) is 52.7 cm³/mol. The molecule has 3 heteroatoms. The monoisotopic (exact) mass is 198 g/mol. The third-order valence-corrected chi connectivity index (χ3v) is 3.73. The van der Waals surface area contributed by atoms with E-state index in [1.165, 1.54) is 0 Å². The van der Waals surface area contributed by atoms with Gasteiger partial charge < -0.3 is 14.6 Å². The fraction of sp³-hybridized carbons (Fsp3) is 0.818. The Balaban J connectivity index is 2.17. The zero-order chi connectivity index (χ0) is 10.2. The van der Waals surface area contributed by atoms with Gasteiger partial charge in [-0.2, -0.15) is 0 Å². The lowest BCUT2D eigenvalue weighted by atomic mass is 9.90. The smallest absolute Gasteiger partial charge is 0.180 e. The van der Waals surface area contributed by atoms with Crippen molar-refractivity contribution >= 4 is 0 Å². The maximum absolute atomic E-state index is 8.96. The van der Waals surface area contributed by atoms with E-state index < -0.39 is 5.79 Å². The summed E-state index contributed by atoms with van der Waals surface area (Å²) in [6, 6.07) is 0. The zero-order valence-electron chi connectivity index (χ0n) is 8.77. The maximum atomic E-state index is 8.96. The van der Waals surface area contributed by atoms with Crippen LogP contribution in [0, 0.1) is 17.8 Å². The van der Waals surface area contributed by atoms with Crippen LogP contribution in [0.3, 0.4) is 0 Å². The Labute approximate surface area is 84.7 Å². The topological polar surface area (TPSA) is 38.7 Å². The van der Waals surface area contributed by atoms with Gasteiger partial charge in [-0.25, -0.2) is 0 Å². The molecule has 1 saturated carbocycles. The quantitative estimate of drug-likeness (QED) is 0.544. The van der Waals surface area contributed by atoms with E-state index in [1.807, 2.05) is 0 Å². The van der Waals surface area contributed by atoms with Gasteiger partial charge in [0.15, 0.2) is 5.79 Å². The van der Waals surface area contributed by atoms with Gasteiger partial charge in [-0.05, 0) is 18.8 Å². The van der Waals surface area contributed by atoms with Gasteiger partial charge in [-0.3, -0.25) is 0 Å². The highest BCUT2D eigenvalue weighted by molar-refractivity contribution is 5.19. The minimum Gasteiger partial charge on any atom is -0.396 e. The average Bonchev–Trinajstić information content (AvgIpc) is 2.70. The predicted octanol–water partition coefficient (Wildman–Crippen LogP) is 1.18. The van der Waals surface area contributed by atoms with Crippen LogP contribution in [0.15, 0.2) is 12.2 Å². The number of fused-ring (bicyclic) bond motifs is 2. The average molecular weight is 198 g/mol. The van der Waals surface area contributed by atoms with Crippen molar-refractivity contribution in [1.29, 1.82) is 0 Å². The van der Waals surface area contributed by atoms with Crippen molar-refractivity contribution in [3.8, 4) is 0 Å². The molecule has 14 heavy (non-hydrogen) atoms. The van der Waals surface area contributed by atoms with Crippen LogP contribution in [0.4, 0.5) is 0 Å². The molecule has 2 aliphatic carbocycles. The Hall–Kier alpha value is -0.380. The van der Waals surface area contributed by atoms with Crippen LogP contribution < -0.4 is 0 Å². The lowest BCUT2D eigenvalue weighted by Gasteiger charge is -2.32. The van der Waals surface area contributed by atoms with Crippen molar-refractivity contribution in [2.75, 3.05) is 20.8 Å². The summed E-state index contributed by atoms with van der Waals surface area (Å²) in [5.74, 6) is 0.739. The van der Waals surface area contributed by atoms with Crippen molar-refractivity contribution in [2.24, 2.45) is 17.8 Å². The Morgan fingerprint density at radius 3 is 2.57 bits per heavy atom. The lowest BCUT2D eigenvalue weighted by molar-refractivity contribution is -0.232. The maximum Gasteiger partial charge on any atom is 0.180 e. The Bertz CT molecular complexity index is 233. The molecular formula is C11H18O3. The molecule has 0 aromatic rings. The van der Waals surface area contributed by atoms with Crippen molar-refractivity contribution in [2.45, 2.75) is 18.6 Å². The third-order valence-electron chi connectivity index (χ3n) is 3.73. The summed E-state index contributed by atoms with van der Waals surface area (Å²) < 4.78 is 11.1. The van der Waals surface area contributed by atoms with E-state index in [9.17, 15) is 0 Å². The van der Waals surface area contributed by atoms with Gasteiger partial charge in [0, 0.05) is 32.7 Å². The van der Waals surface area contributed by atoms with Crippen molar-refractivity contribution < 1.29 is 14.6 Å². The van der Waals surface area contributed by atoms with Crippen LogP contribution >= 0.6 is 0 Å². The minimum atomic E-state index is -0.445. The number of ether oxygens (including phenoxy) is 2. The molecule has 2 aliphatic rings. The number of aliphatic hydroxyl groups excluding tert-OH is 1. The first-order chi connectivity index (χ1) is 6.78. The van der Waals surface area contributed by atoms with E-state index in [-0.39, 0.29) is 6.61 Å². The first kappa shape index (κ1) is 10.1. The number of hydrogen-bond acceptors (Lipinski definition) is 3. The van der Waals surface area contributed by atoms with E-state index in [2.05, 4.69) is 12.2 Å². The standard InChI is InChI=1S/C11H18O3/c1-13-11(14-2)9-3-4-10(11)8(7-9)5-6-12/h3-4,8-10,12H,5-7H2,1-2H3/t8-,9+,10-/m0/s1. The van der Waals surface area contributed by atoms with Gasteiger partial charge in [-0.15, -0.1) is 0 Å². The molecule has 0 radical (unpaired) electrons. The summed E-state index contributed by atoms with van der Waals surface area (Å²) in [6.45, 7) is 0.255. The van der Waals surface area contributed by atoms with Crippen molar-refractivity contribution in [1.82, 2.24) is 0 Å². The number of methoxy groups -OCH3 is 2. The normalized spacial score (nSPS) is 38.1. The number of hydrogen-bond donors (Lipinski definition) is 1. The molecule has 0 amide bonds. The molecule has 80 valence electrons. The van der Waals surface area contributed by atoms with Crippen LogP contribution in [-0.2, 0) is 9.47 Å². The van der Waals surface area contributed by atoms with Gasteiger partial charge in [0.05, 0.1) is 0 Å².